The molecule has 1 fully saturated rings. The van der Waals surface area contributed by atoms with Gasteiger partial charge in [0.15, 0.2) is 0 Å². The van der Waals surface area contributed by atoms with E-state index in [1.807, 2.05) is 48.8 Å². The van der Waals surface area contributed by atoms with Gasteiger partial charge < -0.3 is 0 Å². The van der Waals surface area contributed by atoms with Crippen molar-refractivity contribution >= 4 is 35.3 Å². The first-order valence-corrected chi connectivity index (χ1v) is 9.21. The van der Waals surface area contributed by atoms with Crippen LogP contribution in [0.15, 0.2) is 35.3 Å². The molecule has 1 unspecified atom stereocenters. The van der Waals surface area contributed by atoms with Gasteiger partial charge in [0, 0.05) is 19.1 Å². The normalized spacial score (nSPS) is 19.5. The zero-order valence-corrected chi connectivity index (χ0v) is 16.8. The molecule has 2 aliphatic heterocycles. The minimum absolute atomic E-state index is 0.313. The smallest absolute Gasteiger partial charge is 0.270 e. The van der Waals surface area contributed by atoms with Crippen molar-refractivity contribution in [1.29, 1.82) is 0 Å². The Morgan fingerprint density at radius 2 is 1.79 bits per heavy atom. The lowest BCUT2D eigenvalue weighted by Crippen LogP contribution is -2.61. The zero-order valence-electron chi connectivity index (χ0n) is 16.0. The zero-order chi connectivity index (χ0) is 20.2. The summed E-state index contributed by atoms with van der Waals surface area (Å²) in [6.45, 7) is 4.25. The molecule has 1 aromatic heterocycles. The highest BCUT2D eigenvalue weighted by molar-refractivity contribution is 6.30. The first-order chi connectivity index (χ1) is 13.3. The number of aliphatic imine (C=N–C) groups is 1. The number of halogens is 1. The lowest BCUT2D eigenvalue weighted by atomic mass is 10.1. The summed E-state index contributed by atoms with van der Waals surface area (Å²) < 4.78 is 3.59. The van der Waals surface area contributed by atoms with Gasteiger partial charge in [-0.15, -0.1) is 9.78 Å². The van der Waals surface area contributed by atoms with Gasteiger partial charge in [-0.1, -0.05) is 28.7 Å². The molecular formula is C19H20ClN6O2+. The van der Waals surface area contributed by atoms with Gasteiger partial charge in [-0.05, 0) is 37.6 Å². The third kappa shape index (κ3) is 2.80. The van der Waals surface area contributed by atoms with E-state index in [0.29, 0.717) is 23.4 Å². The standard InChI is InChI=1S/C19H20ClN6O2/c1-11-9-12(2)26(22-11)18-21-16-15(17(27)24(4)19(28)23(16)3)25(18)10-13-5-7-14(20)8-6-13/h5-9,15H,10H2,1-4H3/q+1. The van der Waals surface area contributed by atoms with E-state index in [1.54, 1.807) is 11.7 Å². The van der Waals surface area contributed by atoms with Gasteiger partial charge in [0.2, 0.25) is 11.9 Å². The van der Waals surface area contributed by atoms with Crippen LogP contribution in [0, 0.1) is 13.8 Å². The van der Waals surface area contributed by atoms with Crippen LogP contribution in [0.3, 0.4) is 0 Å². The number of likely N-dealkylation sites (N-methyl/N-ethyl adjacent to an activating group) is 2. The fourth-order valence-corrected chi connectivity index (χ4v) is 3.66. The number of nitrogens with zero attached hydrogens (tertiary/aromatic N) is 6. The van der Waals surface area contributed by atoms with Gasteiger partial charge in [0.1, 0.15) is 5.69 Å². The Kier molecular flexibility index (Phi) is 4.30. The highest BCUT2D eigenvalue weighted by Gasteiger charge is 2.52. The largest absolute Gasteiger partial charge is 0.421 e. The molecule has 144 valence electrons. The number of hydrogen-bond donors (Lipinski definition) is 0. The maximum absolute atomic E-state index is 13.0. The quantitative estimate of drug-likeness (QED) is 0.723. The highest BCUT2D eigenvalue weighted by atomic mass is 35.5. The molecule has 2 aromatic rings. The van der Waals surface area contributed by atoms with Crippen LogP contribution < -0.4 is 0 Å². The number of imide groups is 1. The number of carbonyl (C=O) groups is 2. The Balaban J connectivity index is 1.87. The van der Waals surface area contributed by atoms with Gasteiger partial charge >= 0.3 is 12.0 Å². The van der Waals surface area contributed by atoms with Gasteiger partial charge in [0.05, 0.1) is 12.2 Å². The van der Waals surface area contributed by atoms with Crippen LogP contribution in [0.4, 0.5) is 4.79 Å². The molecule has 3 heterocycles. The van der Waals surface area contributed by atoms with Crippen molar-refractivity contribution in [2.75, 3.05) is 14.1 Å². The van der Waals surface area contributed by atoms with Crippen LogP contribution in [-0.2, 0) is 11.3 Å². The summed E-state index contributed by atoms with van der Waals surface area (Å²) in [4.78, 5) is 32.6. The minimum Gasteiger partial charge on any atom is -0.270 e. The number of rotatable bonds is 2. The van der Waals surface area contributed by atoms with Crippen molar-refractivity contribution in [2.45, 2.75) is 26.4 Å². The highest BCUT2D eigenvalue weighted by Crippen LogP contribution is 2.22. The van der Waals surface area contributed by atoms with Gasteiger partial charge in [-0.3, -0.25) is 14.6 Å². The second kappa shape index (κ2) is 6.56. The Hall–Kier alpha value is -3.00. The molecule has 0 aliphatic carbocycles. The van der Waals surface area contributed by atoms with Crippen LogP contribution in [0.25, 0.3) is 0 Å². The maximum atomic E-state index is 13.0. The molecule has 8 nitrogen and oxygen atoms in total. The fourth-order valence-electron chi connectivity index (χ4n) is 3.53. The van der Waals surface area contributed by atoms with E-state index in [0.717, 1.165) is 21.9 Å². The molecule has 0 radical (unpaired) electrons. The molecular weight excluding hydrogens is 380 g/mol. The number of aromatic nitrogens is 2. The lowest BCUT2D eigenvalue weighted by Gasteiger charge is -2.31. The average Bonchev–Trinajstić information content (AvgIpc) is 3.19. The molecule has 1 aromatic carbocycles. The molecule has 1 saturated heterocycles. The number of amidine groups is 1. The lowest BCUT2D eigenvalue weighted by molar-refractivity contribution is -0.553. The average molecular weight is 400 g/mol. The molecule has 4 rings (SSSR count). The number of urea groups is 1. The van der Waals surface area contributed by atoms with Crippen molar-refractivity contribution in [3.05, 3.63) is 52.3 Å². The minimum atomic E-state index is -0.692. The second-order valence-electron chi connectivity index (χ2n) is 7.00. The Labute approximate surface area is 167 Å². The SMILES string of the molecule is Cc1cc(C)n(C2=[N+](Cc3ccc(Cl)cc3)C3C(=O)N(C)C(=O)N(C)C3=N2)n1. The number of fused-ring (bicyclic) bond motifs is 1. The Bertz CT molecular complexity index is 1050. The van der Waals surface area contributed by atoms with E-state index in [4.69, 9.17) is 11.6 Å². The van der Waals surface area contributed by atoms with Crippen molar-refractivity contribution < 1.29 is 14.2 Å². The molecule has 2 aliphatic rings. The van der Waals surface area contributed by atoms with Crippen LogP contribution in [0.2, 0.25) is 5.02 Å². The summed E-state index contributed by atoms with van der Waals surface area (Å²) in [5.41, 5.74) is 2.71. The second-order valence-corrected chi connectivity index (χ2v) is 7.44. The fraction of sp³-hybridized carbons (Fsp3) is 0.316. The van der Waals surface area contributed by atoms with E-state index < -0.39 is 12.1 Å². The van der Waals surface area contributed by atoms with Crippen LogP contribution in [0.1, 0.15) is 17.0 Å². The number of carbonyl (C=O) groups excluding carboxylic acids is 2. The van der Waals surface area contributed by atoms with Crippen molar-refractivity contribution in [1.82, 2.24) is 19.6 Å². The maximum Gasteiger partial charge on any atom is 0.421 e. The topological polar surface area (TPSA) is 73.8 Å². The van der Waals surface area contributed by atoms with Crippen molar-refractivity contribution in [3.63, 3.8) is 0 Å². The summed E-state index contributed by atoms with van der Waals surface area (Å²) in [6.07, 6.45) is 0. The molecule has 0 N–H and O–H groups in total. The Morgan fingerprint density at radius 1 is 1.11 bits per heavy atom. The van der Waals surface area contributed by atoms with E-state index in [-0.39, 0.29) is 5.91 Å². The third-order valence-electron chi connectivity index (χ3n) is 4.97. The van der Waals surface area contributed by atoms with Gasteiger partial charge in [-0.2, -0.15) is 0 Å². The molecule has 28 heavy (non-hydrogen) atoms. The molecule has 3 amide bonds. The van der Waals surface area contributed by atoms with E-state index in [9.17, 15) is 9.59 Å². The number of aryl methyl sites for hydroxylation is 2. The number of benzene rings is 1. The predicted molar refractivity (Wildman–Crippen MR) is 105 cm³/mol. The number of amides is 3. The predicted octanol–water partition coefficient (Wildman–Crippen LogP) is 1.87. The van der Waals surface area contributed by atoms with Crippen LogP contribution in [0.5, 0.6) is 0 Å². The Morgan fingerprint density at radius 3 is 2.39 bits per heavy atom. The number of hydrogen-bond acceptors (Lipinski definition) is 4. The van der Waals surface area contributed by atoms with Crippen LogP contribution in [-0.4, -0.2) is 68.0 Å². The summed E-state index contributed by atoms with van der Waals surface area (Å²) >= 11 is 6.00. The third-order valence-corrected chi connectivity index (χ3v) is 5.23. The van der Waals surface area contributed by atoms with Crippen molar-refractivity contribution in [3.8, 4) is 0 Å². The molecule has 9 heteroatoms. The van der Waals surface area contributed by atoms with E-state index in [1.165, 1.54) is 11.9 Å². The van der Waals surface area contributed by atoms with Gasteiger partial charge in [0.25, 0.3) is 5.91 Å². The van der Waals surface area contributed by atoms with E-state index in [2.05, 4.69) is 10.1 Å². The van der Waals surface area contributed by atoms with Gasteiger partial charge in [-0.25, -0.2) is 9.37 Å². The summed E-state index contributed by atoms with van der Waals surface area (Å²) in [5, 5.41) is 5.17. The first kappa shape index (κ1) is 18.4. The molecule has 1 atom stereocenters. The summed E-state index contributed by atoms with van der Waals surface area (Å²) in [5.74, 6) is 0.612. The van der Waals surface area contributed by atoms with Crippen molar-refractivity contribution in [2.24, 2.45) is 4.99 Å². The molecule has 0 saturated carbocycles. The van der Waals surface area contributed by atoms with Crippen LogP contribution >= 0.6 is 11.6 Å². The summed E-state index contributed by atoms with van der Waals surface area (Å²) in [6, 6.07) is 8.28. The van der Waals surface area contributed by atoms with E-state index >= 15 is 0 Å². The summed E-state index contributed by atoms with van der Waals surface area (Å²) in [7, 11) is 3.11. The monoisotopic (exact) mass is 399 g/mol. The molecule has 0 spiro atoms. The molecule has 0 bridgehead atoms. The first-order valence-electron chi connectivity index (χ1n) is 8.83.